The largest absolute Gasteiger partial charge is 0.373 e. The maximum atomic E-state index is 4.20. The minimum Gasteiger partial charge on any atom is -0.373 e. The molecule has 0 spiro atoms. The van der Waals surface area contributed by atoms with Gasteiger partial charge in [-0.1, -0.05) is 13.8 Å². The fourth-order valence-electron chi connectivity index (χ4n) is 2.36. The lowest BCUT2D eigenvalue weighted by Gasteiger charge is -2.20. The van der Waals surface area contributed by atoms with Gasteiger partial charge in [0, 0.05) is 20.0 Å². The zero-order valence-corrected chi connectivity index (χ0v) is 7.52. The van der Waals surface area contributed by atoms with Gasteiger partial charge in [0.2, 0.25) is 0 Å². The molecule has 1 N–H and O–H groups in total. The molecule has 1 aliphatic carbocycles. The smallest absolute Gasteiger partial charge is 0.0962 e. The summed E-state index contributed by atoms with van der Waals surface area (Å²) in [6.07, 6.45) is 1.17. The van der Waals surface area contributed by atoms with Crippen molar-refractivity contribution >= 4 is 5.84 Å². The summed E-state index contributed by atoms with van der Waals surface area (Å²) in [7, 11) is 1.87. The molecule has 1 saturated carbocycles. The third-order valence-electron chi connectivity index (χ3n) is 3.74. The van der Waals surface area contributed by atoms with Crippen LogP contribution in [0.5, 0.6) is 0 Å². The van der Waals surface area contributed by atoms with Gasteiger partial charge in [-0.15, -0.1) is 0 Å². The molecule has 0 aromatic rings. The van der Waals surface area contributed by atoms with E-state index < -0.39 is 0 Å². The molecule has 62 valence electrons. The molecule has 2 fully saturated rings. The lowest BCUT2D eigenvalue weighted by Crippen LogP contribution is -2.35. The highest BCUT2D eigenvalue weighted by molar-refractivity contribution is 5.84. The highest BCUT2D eigenvalue weighted by Crippen LogP contribution is 2.60. The molecule has 3 unspecified atom stereocenters. The Morgan fingerprint density at radius 2 is 2.36 bits per heavy atom. The average Bonchev–Trinajstić information content (AvgIpc) is 2.55. The van der Waals surface area contributed by atoms with Crippen LogP contribution >= 0.6 is 0 Å². The van der Waals surface area contributed by atoms with Gasteiger partial charge in [0.25, 0.3) is 0 Å². The van der Waals surface area contributed by atoms with E-state index in [0.717, 1.165) is 18.4 Å². The van der Waals surface area contributed by atoms with Crippen LogP contribution in [0, 0.1) is 17.3 Å². The molecule has 0 radical (unpaired) electrons. The number of rotatable bonds is 0. The Morgan fingerprint density at radius 3 is 2.91 bits per heavy atom. The Hall–Kier alpha value is -0.530. The number of hydrogen-bond donors (Lipinski definition) is 1. The molecule has 11 heavy (non-hydrogen) atoms. The van der Waals surface area contributed by atoms with E-state index in [1.807, 2.05) is 7.05 Å². The normalized spacial score (nSPS) is 51.7. The zero-order valence-electron chi connectivity index (χ0n) is 7.52. The predicted octanol–water partition coefficient (Wildman–Crippen LogP) is 1.28. The van der Waals surface area contributed by atoms with Gasteiger partial charge >= 0.3 is 0 Å². The molecule has 0 aromatic carbocycles. The van der Waals surface area contributed by atoms with Gasteiger partial charge in [-0.05, 0) is 17.3 Å². The van der Waals surface area contributed by atoms with Crippen LogP contribution in [-0.4, -0.2) is 19.4 Å². The first kappa shape index (κ1) is 7.14. The molecule has 2 aliphatic rings. The summed E-state index contributed by atoms with van der Waals surface area (Å²) in [4.78, 5) is 4.20. The van der Waals surface area contributed by atoms with E-state index in [1.54, 1.807) is 0 Å². The summed E-state index contributed by atoms with van der Waals surface area (Å²) in [5.41, 5.74) is 0.591. The van der Waals surface area contributed by atoms with E-state index in [1.165, 1.54) is 12.3 Å². The maximum Gasteiger partial charge on any atom is 0.0962 e. The third kappa shape index (κ3) is 0.815. The number of aliphatic imine (C=N–C) groups is 1. The van der Waals surface area contributed by atoms with Crippen LogP contribution in [-0.2, 0) is 0 Å². The van der Waals surface area contributed by atoms with Crippen molar-refractivity contribution in [2.24, 2.45) is 22.2 Å². The molecular formula is C9H16N2. The van der Waals surface area contributed by atoms with Crippen molar-refractivity contribution in [3.8, 4) is 0 Å². The Labute approximate surface area is 68.1 Å². The van der Waals surface area contributed by atoms with Crippen LogP contribution in [0.25, 0.3) is 0 Å². The van der Waals surface area contributed by atoms with Crippen molar-refractivity contribution in [3.63, 3.8) is 0 Å². The summed E-state index contributed by atoms with van der Waals surface area (Å²) in [6, 6.07) is 0. The van der Waals surface area contributed by atoms with Crippen LogP contribution in [0.2, 0.25) is 0 Å². The van der Waals surface area contributed by atoms with Crippen LogP contribution in [0.4, 0.5) is 0 Å². The monoisotopic (exact) mass is 152 g/mol. The molecule has 1 saturated heterocycles. The molecule has 3 atom stereocenters. The van der Waals surface area contributed by atoms with E-state index in [4.69, 9.17) is 0 Å². The minimum absolute atomic E-state index is 0.591. The lowest BCUT2D eigenvalue weighted by atomic mass is 10.0. The molecule has 1 heterocycles. The quantitative estimate of drug-likeness (QED) is 0.555. The standard InChI is InChI=1S/C9H16N2/c1-6-7-4-8(10-3)11-5-9(6,7)2/h6-7H,4-5H2,1-3H3,(H,10,11). The molecule has 0 aromatic heterocycles. The van der Waals surface area contributed by atoms with E-state index in [2.05, 4.69) is 24.2 Å². The summed E-state index contributed by atoms with van der Waals surface area (Å²) in [6.45, 7) is 5.86. The Morgan fingerprint density at radius 1 is 1.64 bits per heavy atom. The summed E-state index contributed by atoms with van der Waals surface area (Å²) < 4.78 is 0. The average molecular weight is 152 g/mol. The van der Waals surface area contributed by atoms with Gasteiger partial charge in [0.15, 0.2) is 0 Å². The topological polar surface area (TPSA) is 24.4 Å². The second-order valence-corrected chi connectivity index (χ2v) is 4.13. The van der Waals surface area contributed by atoms with Crippen molar-refractivity contribution in [3.05, 3.63) is 0 Å². The van der Waals surface area contributed by atoms with E-state index in [-0.39, 0.29) is 0 Å². The van der Waals surface area contributed by atoms with Crippen molar-refractivity contribution in [2.75, 3.05) is 13.6 Å². The van der Waals surface area contributed by atoms with Crippen LogP contribution in [0.3, 0.4) is 0 Å². The third-order valence-corrected chi connectivity index (χ3v) is 3.74. The van der Waals surface area contributed by atoms with Crippen LogP contribution < -0.4 is 5.32 Å². The number of piperidine rings is 1. The number of fused-ring (bicyclic) bond motifs is 1. The first-order chi connectivity index (χ1) is 5.18. The highest BCUT2D eigenvalue weighted by Gasteiger charge is 2.59. The summed E-state index contributed by atoms with van der Waals surface area (Å²) in [5.74, 6) is 3.01. The molecule has 2 nitrogen and oxygen atoms in total. The SMILES string of the molecule is CN=C1CC2C(C)C2(C)CN1. The van der Waals surface area contributed by atoms with Crippen LogP contribution in [0.1, 0.15) is 20.3 Å². The number of amidine groups is 1. The Balaban J connectivity index is 2.10. The van der Waals surface area contributed by atoms with Crippen molar-refractivity contribution < 1.29 is 0 Å². The Bertz CT molecular complexity index is 210. The first-order valence-electron chi connectivity index (χ1n) is 4.38. The van der Waals surface area contributed by atoms with E-state index >= 15 is 0 Å². The molecular weight excluding hydrogens is 136 g/mol. The van der Waals surface area contributed by atoms with E-state index in [9.17, 15) is 0 Å². The molecule has 0 bridgehead atoms. The van der Waals surface area contributed by atoms with Gasteiger partial charge in [-0.25, -0.2) is 0 Å². The van der Waals surface area contributed by atoms with Crippen molar-refractivity contribution in [1.29, 1.82) is 0 Å². The summed E-state index contributed by atoms with van der Waals surface area (Å²) >= 11 is 0. The summed E-state index contributed by atoms with van der Waals surface area (Å²) in [5, 5.41) is 3.38. The lowest BCUT2D eigenvalue weighted by molar-refractivity contribution is 0.455. The minimum atomic E-state index is 0.591. The second-order valence-electron chi connectivity index (χ2n) is 4.13. The fourth-order valence-corrected chi connectivity index (χ4v) is 2.36. The van der Waals surface area contributed by atoms with Gasteiger partial charge in [0.1, 0.15) is 0 Å². The second kappa shape index (κ2) is 1.99. The number of hydrogen-bond acceptors (Lipinski definition) is 1. The maximum absolute atomic E-state index is 4.20. The zero-order chi connectivity index (χ0) is 8.06. The van der Waals surface area contributed by atoms with Crippen LogP contribution in [0.15, 0.2) is 4.99 Å². The van der Waals surface area contributed by atoms with Crippen molar-refractivity contribution in [2.45, 2.75) is 20.3 Å². The fraction of sp³-hybridized carbons (Fsp3) is 0.889. The number of nitrogens with zero attached hydrogens (tertiary/aromatic N) is 1. The molecule has 1 aliphatic heterocycles. The predicted molar refractivity (Wildman–Crippen MR) is 46.7 cm³/mol. The van der Waals surface area contributed by atoms with Gasteiger partial charge < -0.3 is 5.32 Å². The van der Waals surface area contributed by atoms with Gasteiger partial charge in [-0.3, -0.25) is 4.99 Å². The Kier molecular flexibility index (Phi) is 1.29. The molecule has 2 rings (SSSR count). The molecule has 2 heteroatoms. The number of nitrogens with one attached hydrogen (secondary N) is 1. The highest BCUT2D eigenvalue weighted by atomic mass is 15.0. The first-order valence-corrected chi connectivity index (χ1v) is 4.38. The van der Waals surface area contributed by atoms with E-state index in [0.29, 0.717) is 5.41 Å². The van der Waals surface area contributed by atoms with Gasteiger partial charge in [-0.2, -0.15) is 0 Å². The van der Waals surface area contributed by atoms with Gasteiger partial charge in [0.05, 0.1) is 5.84 Å². The van der Waals surface area contributed by atoms with Crippen molar-refractivity contribution in [1.82, 2.24) is 5.32 Å². The molecule has 0 amide bonds.